The average Bonchev–Trinajstić information content (AvgIpc) is 3.08. The number of amides is 1. The highest BCUT2D eigenvalue weighted by atomic mass is 16.5. The van der Waals surface area contributed by atoms with E-state index >= 15 is 0 Å². The molecule has 6 nitrogen and oxygen atoms in total. The van der Waals surface area contributed by atoms with Crippen LogP contribution in [0.4, 0.5) is 0 Å². The van der Waals surface area contributed by atoms with E-state index in [1.165, 1.54) is 0 Å². The van der Waals surface area contributed by atoms with Crippen molar-refractivity contribution in [3.63, 3.8) is 0 Å². The Morgan fingerprint density at radius 3 is 2.83 bits per heavy atom. The molecule has 0 radical (unpaired) electrons. The van der Waals surface area contributed by atoms with Gasteiger partial charge >= 0.3 is 0 Å². The van der Waals surface area contributed by atoms with Gasteiger partial charge in [-0.2, -0.15) is 4.98 Å². The summed E-state index contributed by atoms with van der Waals surface area (Å²) in [6.07, 6.45) is 4.13. The van der Waals surface area contributed by atoms with Crippen LogP contribution in [-0.2, 0) is 17.8 Å². The first-order valence-electron chi connectivity index (χ1n) is 7.76. The molecule has 1 N–H and O–H groups in total. The summed E-state index contributed by atoms with van der Waals surface area (Å²) < 4.78 is 5.22. The summed E-state index contributed by atoms with van der Waals surface area (Å²) >= 11 is 0. The van der Waals surface area contributed by atoms with Crippen molar-refractivity contribution in [2.24, 2.45) is 0 Å². The molecular formula is C18H18N4O2. The van der Waals surface area contributed by atoms with E-state index in [2.05, 4.69) is 20.4 Å². The number of nitrogens with one attached hydrogen (secondary N) is 1. The molecule has 3 aromatic rings. The van der Waals surface area contributed by atoms with Gasteiger partial charge in [0.05, 0.1) is 0 Å². The number of rotatable bonds is 6. The minimum Gasteiger partial charge on any atom is -0.352 e. The van der Waals surface area contributed by atoms with Gasteiger partial charge in [0.25, 0.3) is 0 Å². The summed E-state index contributed by atoms with van der Waals surface area (Å²) in [6, 6.07) is 11.6. The minimum atomic E-state index is -0.0536. The monoisotopic (exact) mass is 322 g/mol. The van der Waals surface area contributed by atoms with E-state index < -0.39 is 0 Å². The Labute approximate surface area is 139 Å². The average molecular weight is 322 g/mol. The van der Waals surface area contributed by atoms with Gasteiger partial charge in [-0.1, -0.05) is 28.9 Å². The molecule has 0 saturated heterocycles. The third-order valence-corrected chi connectivity index (χ3v) is 3.55. The molecule has 3 rings (SSSR count). The molecule has 0 bridgehead atoms. The molecule has 0 aliphatic heterocycles. The lowest BCUT2D eigenvalue weighted by Crippen LogP contribution is -2.23. The highest BCUT2D eigenvalue weighted by Gasteiger charge is 2.10. The van der Waals surface area contributed by atoms with Gasteiger partial charge in [0.1, 0.15) is 0 Å². The second-order valence-corrected chi connectivity index (χ2v) is 5.51. The van der Waals surface area contributed by atoms with Gasteiger partial charge in [-0.05, 0) is 30.7 Å². The van der Waals surface area contributed by atoms with Gasteiger partial charge < -0.3 is 9.84 Å². The molecule has 0 saturated carbocycles. The predicted octanol–water partition coefficient (Wildman–Crippen LogP) is 2.69. The largest absolute Gasteiger partial charge is 0.352 e. The first kappa shape index (κ1) is 15.9. The molecule has 0 aliphatic rings. The maximum atomic E-state index is 11.9. The smallest absolute Gasteiger partial charge is 0.227 e. The lowest BCUT2D eigenvalue weighted by molar-refractivity contribution is -0.121. The van der Waals surface area contributed by atoms with Crippen molar-refractivity contribution >= 4 is 5.91 Å². The minimum absolute atomic E-state index is 0.0536. The van der Waals surface area contributed by atoms with Crippen LogP contribution < -0.4 is 5.32 Å². The van der Waals surface area contributed by atoms with E-state index in [1.807, 2.05) is 43.3 Å². The molecule has 1 amide bonds. The van der Waals surface area contributed by atoms with E-state index in [0.29, 0.717) is 31.1 Å². The zero-order valence-electron chi connectivity index (χ0n) is 13.4. The quantitative estimate of drug-likeness (QED) is 0.754. The molecule has 0 spiro atoms. The number of pyridine rings is 1. The fraction of sp³-hybridized carbons (Fsp3) is 0.222. The van der Waals surface area contributed by atoms with Crippen LogP contribution in [0.1, 0.15) is 23.4 Å². The fourth-order valence-electron chi connectivity index (χ4n) is 2.27. The SMILES string of the molecule is Cc1cccc(-c2noc(CCC(=O)NCc3ccncc3)n2)c1. The second-order valence-electron chi connectivity index (χ2n) is 5.51. The molecule has 122 valence electrons. The molecule has 2 aromatic heterocycles. The number of carbonyl (C=O) groups is 1. The van der Waals surface area contributed by atoms with Crippen LogP contribution in [0.15, 0.2) is 53.3 Å². The summed E-state index contributed by atoms with van der Waals surface area (Å²) in [5.74, 6) is 0.957. The molecule has 0 unspecified atom stereocenters. The molecule has 0 aliphatic carbocycles. The van der Waals surface area contributed by atoms with E-state index in [4.69, 9.17) is 4.52 Å². The first-order chi connectivity index (χ1) is 11.7. The molecule has 2 heterocycles. The van der Waals surface area contributed by atoms with E-state index in [-0.39, 0.29) is 5.91 Å². The Kier molecular flexibility index (Phi) is 4.96. The van der Waals surface area contributed by atoms with Crippen LogP contribution in [0.5, 0.6) is 0 Å². The number of nitrogens with zero attached hydrogens (tertiary/aromatic N) is 3. The Morgan fingerprint density at radius 1 is 1.21 bits per heavy atom. The number of hydrogen-bond acceptors (Lipinski definition) is 5. The number of aryl methyl sites for hydroxylation is 2. The summed E-state index contributed by atoms with van der Waals surface area (Å²) in [6.45, 7) is 2.50. The topological polar surface area (TPSA) is 80.9 Å². The van der Waals surface area contributed by atoms with Crippen LogP contribution in [0.2, 0.25) is 0 Å². The van der Waals surface area contributed by atoms with Gasteiger partial charge in [-0.15, -0.1) is 0 Å². The second kappa shape index (κ2) is 7.50. The van der Waals surface area contributed by atoms with Crippen molar-refractivity contribution in [2.75, 3.05) is 0 Å². The van der Waals surface area contributed by atoms with Crippen LogP contribution in [0, 0.1) is 6.92 Å². The highest BCUT2D eigenvalue weighted by molar-refractivity contribution is 5.76. The lowest BCUT2D eigenvalue weighted by atomic mass is 10.1. The van der Waals surface area contributed by atoms with E-state index in [1.54, 1.807) is 12.4 Å². The van der Waals surface area contributed by atoms with Gasteiger partial charge in [0.15, 0.2) is 0 Å². The third-order valence-electron chi connectivity index (χ3n) is 3.55. The van der Waals surface area contributed by atoms with Crippen molar-refractivity contribution in [1.82, 2.24) is 20.4 Å². The van der Waals surface area contributed by atoms with Crippen molar-refractivity contribution in [3.8, 4) is 11.4 Å². The predicted molar refractivity (Wildman–Crippen MR) is 88.9 cm³/mol. The Morgan fingerprint density at radius 2 is 2.04 bits per heavy atom. The summed E-state index contributed by atoms with van der Waals surface area (Å²) in [5.41, 5.74) is 3.05. The van der Waals surface area contributed by atoms with Gasteiger partial charge in [0.2, 0.25) is 17.6 Å². The Bertz CT molecular complexity index is 815. The van der Waals surface area contributed by atoms with Crippen LogP contribution in [-0.4, -0.2) is 21.0 Å². The fourth-order valence-corrected chi connectivity index (χ4v) is 2.27. The number of aromatic nitrogens is 3. The van der Waals surface area contributed by atoms with Crippen molar-refractivity contribution in [1.29, 1.82) is 0 Å². The first-order valence-corrected chi connectivity index (χ1v) is 7.76. The van der Waals surface area contributed by atoms with Gasteiger partial charge in [-0.3, -0.25) is 9.78 Å². The number of benzene rings is 1. The summed E-state index contributed by atoms with van der Waals surface area (Å²) in [5, 5.41) is 6.83. The number of carbonyl (C=O) groups excluding carboxylic acids is 1. The third kappa shape index (κ3) is 4.25. The Hall–Kier alpha value is -3.02. The van der Waals surface area contributed by atoms with E-state index in [0.717, 1.165) is 16.7 Å². The summed E-state index contributed by atoms with van der Waals surface area (Å²) in [7, 11) is 0. The van der Waals surface area contributed by atoms with Crippen LogP contribution >= 0.6 is 0 Å². The summed E-state index contributed by atoms with van der Waals surface area (Å²) in [4.78, 5) is 20.2. The molecule has 24 heavy (non-hydrogen) atoms. The number of hydrogen-bond donors (Lipinski definition) is 1. The van der Waals surface area contributed by atoms with Gasteiger partial charge in [0, 0.05) is 37.3 Å². The Balaban J connectivity index is 1.51. The standard InChI is InChI=1S/C18H18N4O2/c1-13-3-2-4-15(11-13)18-21-17(24-22-18)6-5-16(23)20-12-14-7-9-19-10-8-14/h2-4,7-11H,5-6,12H2,1H3,(H,20,23). The normalized spacial score (nSPS) is 10.5. The van der Waals surface area contributed by atoms with Crippen LogP contribution in [0.3, 0.4) is 0 Å². The van der Waals surface area contributed by atoms with Crippen molar-refractivity contribution in [2.45, 2.75) is 26.3 Å². The zero-order chi connectivity index (χ0) is 16.8. The van der Waals surface area contributed by atoms with E-state index in [9.17, 15) is 4.79 Å². The molecule has 1 aromatic carbocycles. The zero-order valence-corrected chi connectivity index (χ0v) is 13.4. The van der Waals surface area contributed by atoms with Crippen LogP contribution in [0.25, 0.3) is 11.4 Å². The maximum absolute atomic E-state index is 11.9. The van der Waals surface area contributed by atoms with Crippen molar-refractivity contribution < 1.29 is 9.32 Å². The van der Waals surface area contributed by atoms with Crippen molar-refractivity contribution in [3.05, 3.63) is 65.8 Å². The highest BCUT2D eigenvalue weighted by Crippen LogP contribution is 2.17. The maximum Gasteiger partial charge on any atom is 0.227 e. The van der Waals surface area contributed by atoms with Gasteiger partial charge in [-0.25, -0.2) is 0 Å². The molecule has 0 atom stereocenters. The lowest BCUT2D eigenvalue weighted by Gasteiger charge is -2.03. The molecule has 0 fully saturated rings. The molecular weight excluding hydrogens is 304 g/mol. The molecule has 6 heteroatoms.